The summed E-state index contributed by atoms with van der Waals surface area (Å²) in [7, 11) is 2.83. The first-order chi connectivity index (χ1) is 17.4. The van der Waals surface area contributed by atoms with Crippen LogP contribution in [0.1, 0.15) is 21.0 Å². The van der Waals surface area contributed by atoms with Crippen molar-refractivity contribution in [1.82, 2.24) is 4.98 Å². The third-order valence-corrected chi connectivity index (χ3v) is 4.57. The fraction of sp³-hybridized carbons (Fsp3) is 0.160. The zero-order valence-corrected chi connectivity index (χ0v) is 19.7. The maximum atomic E-state index is 12.7. The third kappa shape index (κ3) is 7.72. The number of amides is 4. The van der Waals surface area contributed by atoms with E-state index in [0.717, 1.165) is 0 Å². The van der Waals surface area contributed by atoms with E-state index in [9.17, 15) is 19.2 Å². The number of benzene rings is 2. The summed E-state index contributed by atoms with van der Waals surface area (Å²) in [5.41, 5.74) is 1.88. The molecule has 0 aliphatic carbocycles. The highest BCUT2D eigenvalue weighted by Gasteiger charge is 2.14. The fourth-order valence-corrected chi connectivity index (χ4v) is 3.08. The Bertz CT molecular complexity index is 1170. The Kier molecular flexibility index (Phi) is 9.20. The number of nitrogens with one attached hydrogen (secondary N) is 4. The Hall–Kier alpha value is -4.61. The van der Waals surface area contributed by atoms with Crippen LogP contribution in [0.25, 0.3) is 0 Å². The van der Waals surface area contributed by atoms with Gasteiger partial charge in [-0.15, -0.1) is 0 Å². The van der Waals surface area contributed by atoms with Gasteiger partial charge in [-0.25, -0.2) is 4.98 Å². The Balaban J connectivity index is 1.66. The number of methoxy groups -OCH3 is 2. The number of nitrogens with zero attached hydrogens (tertiary/aromatic N) is 1. The van der Waals surface area contributed by atoms with Crippen molar-refractivity contribution in [3.63, 3.8) is 0 Å². The molecule has 0 unspecified atom stereocenters. The minimum absolute atomic E-state index is 0.0250. The molecule has 4 N–H and O–H groups in total. The van der Waals surface area contributed by atoms with Gasteiger partial charge in [-0.2, -0.15) is 0 Å². The molecule has 0 fully saturated rings. The van der Waals surface area contributed by atoms with E-state index in [-0.39, 0.29) is 36.4 Å². The number of pyridine rings is 1. The van der Waals surface area contributed by atoms with Crippen molar-refractivity contribution in [1.29, 1.82) is 0 Å². The highest BCUT2D eigenvalue weighted by Crippen LogP contribution is 2.18. The lowest BCUT2D eigenvalue weighted by atomic mass is 10.2. The van der Waals surface area contributed by atoms with Crippen LogP contribution in [0.3, 0.4) is 0 Å². The fourth-order valence-electron chi connectivity index (χ4n) is 3.08. The molecule has 0 spiro atoms. The summed E-state index contributed by atoms with van der Waals surface area (Å²) in [5, 5.41) is 10.7. The first kappa shape index (κ1) is 26.0. The van der Waals surface area contributed by atoms with E-state index >= 15 is 0 Å². The lowest BCUT2D eigenvalue weighted by Crippen LogP contribution is -2.19. The zero-order chi connectivity index (χ0) is 25.9. The standard InChI is InChI=1S/C25H25N5O6/c1-35-14-22(31)26-16-6-3-8-18(12-16)28-24(33)20-10-5-11-21(30-20)25(34)29-19-9-4-7-17(13-19)27-23(32)15-36-2/h3-13H,14-15H2,1-2H3,(H,26,31)(H,27,32)(H,28,33)(H,29,34). The molecule has 0 aliphatic rings. The van der Waals surface area contributed by atoms with Gasteiger partial charge in [-0.05, 0) is 48.5 Å². The minimum Gasteiger partial charge on any atom is -0.375 e. The van der Waals surface area contributed by atoms with Crippen LogP contribution in [0, 0.1) is 0 Å². The van der Waals surface area contributed by atoms with Crippen molar-refractivity contribution in [3.05, 3.63) is 78.1 Å². The topological polar surface area (TPSA) is 148 Å². The van der Waals surface area contributed by atoms with Gasteiger partial charge in [0.05, 0.1) is 0 Å². The monoisotopic (exact) mass is 491 g/mol. The van der Waals surface area contributed by atoms with Crippen LogP contribution in [0.2, 0.25) is 0 Å². The van der Waals surface area contributed by atoms with E-state index in [1.165, 1.54) is 26.4 Å². The van der Waals surface area contributed by atoms with E-state index in [1.54, 1.807) is 54.6 Å². The average Bonchev–Trinajstić information content (AvgIpc) is 2.85. The second-order valence-electron chi connectivity index (χ2n) is 7.44. The first-order valence-electron chi connectivity index (χ1n) is 10.8. The van der Waals surface area contributed by atoms with Gasteiger partial charge in [0.2, 0.25) is 11.8 Å². The molecule has 0 saturated heterocycles. The van der Waals surface area contributed by atoms with Crippen LogP contribution in [0.5, 0.6) is 0 Å². The van der Waals surface area contributed by atoms with Crippen molar-refractivity contribution < 1.29 is 28.7 Å². The van der Waals surface area contributed by atoms with Crippen LogP contribution >= 0.6 is 0 Å². The number of anilines is 4. The van der Waals surface area contributed by atoms with Crippen molar-refractivity contribution in [2.75, 3.05) is 48.7 Å². The van der Waals surface area contributed by atoms with E-state index in [0.29, 0.717) is 22.7 Å². The maximum Gasteiger partial charge on any atom is 0.274 e. The molecule has 11 heteroatoms. The van der Waals surface area contributed by atoms with Crippen molar-refractivity contribution >= 4 is 46.4 Å². The molecule has 0 saturated carbocycles. The maximum absolute atomic E-state index is 12.7. The molecule has 36 heavy (non-hydrogen) atoms. The van der Waals surface area contributed by atoms with E-state index in [2.05, 4.69) is 26.3 Å². The van der Waals surface area contributed by atoms with Crippen LogP contribution < -0.4 is 21.3 Å². The average molecular weight is 492 g/mol. The van der Waals surface area contributed by atoms with Gasteiger partial charge >= 0.3 is 0 Å². The van der Waals surface area contributed by atoms with Gasteiger partial charge in [0, 0.05) is 37.0 Å². The van der Waals surface area contributed by atoms with Crippen molar-refractivity contribution in [2.45, 2.75) is 0 Å². The summed E-state index contributed by atoms with van der Waals surface area (Å²) >= 11 is 0. The van der Waals surface area contributed by atoms with E-state index < -0.39 is 11.8 Å². The highest BCUT2D eigenvalue weighted by molar-refractivity contribution is 6.06. The number of carbonyl (C=O) groups excluding carboxylic acids is 4. The second kappa shape index (κ2) is 12.7. The van der Waals surface area contributed by atoms with E-state index in [1.807, 2.05) is 0 Å². The molecule has 186 valence electrons. The molecule has 0 radical (unpaired) electrons. The van der Waals surface area contributed by atoms with E-state index in [4.69, 9.17) is 9.47 Å². The molecule has 11 nitrogen and oxygen atoms in total. The predicted octanol–water partition coefficient (Wildman–Crippen LogP) is 2.76. The summed E-state index contributed by atoms with van der Waals surface area (Å²) in [6, 6.07) is 17.6. The number of rotatable bonds is 10. The number of hydrogen-bond acceptors (Lipinski definition) is 7. The van der Waals surface area contributed by atoms with Gasteiger partial charge < -0.3 is 30.7 Å². The molecule has 3 aromatic rings. The van der Waals surface area contributed by atoms with Crippen LogP contribution in [0.15, 0.2) is 66.7 Å². The highest BCUT2D eigenvalue weighted by atomic mass is 16.5. The Labute approximate surface area is 207 Å². The third-order valence-electron chi connectivity index (χ3n) is 4.57. The largest absolute Gasteiger partial charge is 0.375 e. The van der Waals surface area contributed by atoms with Crippen molar-refractivity contribution in [3.8, 4) is 0 Å². The van der Waals surface area contributed by atoms with Gasteiger partial charge in [0.1, 0.15) is 24.6 Å². The Morgan fingerprint density at radius 3 is 1.36 bits per heavy atom. The number of aromatic nitrogens is 1. The Morgan fingerprint density at radius 1 is 0.611 bits per heavy atom. The molecule has 0 atom stereocenters. The lowest BCUT2D eigenvalue weighted by molar-refractivity contribution is -0.120. The summed E-state index contributed by atoms with van der Waals surface area (Å²) in [6.07, 6.45) is 0. The SMILES string of the molecule is COCC(=O)Nc1cccc(NC(=O)c2cccc(C(=O)Nc3cccc(NC(=O)COC)c3)n2)c1. The number of ether oxygens (including phenoxy) is 2. The molecular formula is C25H25N5O6. The summed E-state index contributed by atoms with van der Waals surface area (Å²) in [5.74, 6) is -1.73. The van der Waals surface area contributed by atoms with Gasteiger partial charge in [0.25, 0.3) is 11.8 Å². The van der Waals surface area contributed by atoms with Gasteiger partial charge in [-0.1, -0.05) is 18.2 Å². The summed E-state index contributed by atoms with van der Waals surface area (Å²) in [4.78, 5) is 53.0. The lowest BCUT2D eigenvalue weighted by Gasteiger charge is -2.10. The zero-order valence-electron chi connectivity index (χ0n) is 19.7. The normalized spacial score (nSPS) is 10.3. The quantitative estimate of drug-likeness (QED) is 0.341. The molecule has 0 bridgehead atoms. The number of hydrogen-bond donors (Lipinski definition) is 4. The van der Waals surface area contributed by atoms with Crippen LogP contribution in [-0.4, -0.2) is 56.0 Å². The second-order valence-corrected chi connectivity index (χ2v) is 7.44. The minimum atomic E-state index is -0.534. The first-order valence-corrected chi connectivity index (χ1v) is 10.8. The van der Waals surface area contributed by atoms with Crippen LogP contribution in [-0.2, 0) is 19.1 Å². The summed E-state index contributed by atoms with van der Waals surface area (Å²) in [6.45, 7) is -0.190. The predicted molar refractivity (Wildman–Crippen MR) is 134 cm³/mol. The molecule has 2 aromatic carbocycles. The van der Waals surface area contributed by atoms with Crippen LogP contribution in [0.4, 0.5) is 22.7 Å². The van der Waals surface area contributed by atoms with Gasteiger partial charge in [0.15, 0.2) is 0 Å². The number of carbonyl (C=O) groups is 4. The Morgan fingerprint density at radius 2 is 0.972 bits per heavy atom. The molecule has 4 amide bonds. The molecule has 1 aromatic heterocycles. The molecule has 3 rings (SSSR count). The molecular weight excluding hydrogens is 466 g/mol. The van der Waals surface area contributed by atoms with Gasteiger partial charge in [-0.3, -0.25) is 19.2 Å². The van der Waals surface area contributed by atoms with Crippen molar-refractivity contribution in [2.24, 2.45) is 0 Å². The molecule has 0 aliphatic heterocycles. The smallest absolute Gasteiger partial charge is 0.274 e. The summed E-state index contributed by atoms with van der Waals surface area (Å²) < 4.78 is 9.56. The molecule has 1 heterocycles.